The Morgan fingerprint density at radius 1 is 0.952 bits per heavy atom. The molecule has 2 fully saturated rings. The number of likely N-dealkylation sites (tertiary alicyclic amines) is 1. The van der Waals surface area contributed by atoms with Crippen LogP contribution in [0.25, 0.3) is 22.2 Å². The van der Waals surface area contributed by atoms with Crippen LogP contribution in [0.2, 0.25) is 0 Å². The number of hydrogen-bond acceptors (Lipinski definition) is 5. The lowest BCUT2D eigenvalue weighted by Gasteiger charge is -2.35. The van der Waals surface area contributed by atoms with Crippen LogP contribution in [0.15, 0.2) is 66.9 Å². The maximum Gasteiger partial charge on any atom is 0.256 e. The number of pyridine rings is 1. The van der Waals surface area contributed by atoms with Crippen LogP contribution >= 0.6 is 0 Å². The van der Waals surface area contributed by atoms with Gasteiger partial charge >= 0.3 is 0 Å². The summed E-state index contributed by atoms with van der Waals surface area (Å²) in [4.78, 5) is 37.9. The van der Waals surface area contributed by atoms with Crippen molar-refractivity contribution in [3.05, 3.63) is 83.6 Å². The Morgan fingerprint density at radius 3 is 2.43 bits per heavy atom. The molecule has 8 nitrogen and oxygen atoms in total. The molecular weight excluding hydrogens is 524 g/mol. The monoisotopic (exact) mass is 564 g/mol. The largest absolute Gasteiger partial charge is 0.353 e. The van der Waals surface area contributed by atoms with Crippen LogP contribution < -0.4 is 10.2 Å². The van der Waals surface area contributed by atoms with Crippen molar-refractivity contribution in [3.63, 3.8) is 0 Å². The van der Waals surface area contributed by atoms with E-state index in [1.54, 1.807) is 6.20 Å². The zero-order valence-electron chi connectivity index (χ0n) is 24.8. The van der Waals surface area contributed by atoms with E-state index in [2.05, 4.69) is 69.0 Å². The molecule has 0 bridgehead atoms. The lowest BCUT2D eigenvalue weighted by Crippen LogP contribution is -2.49. The second-order valence-corrected chi connectivity index (χ2v) is 11.7. The lowest BCUT2D eigenvalue weighted by molar-refractivity contribution is 0.0748. The van der Waals surface area contributed by atoms with Gasteiger partial charge in [0.15, 0.2) is 0 Å². The van der Waals surface area contributed by atoms with Gasteiger partial charge in [0.1, 0.15) is 5.82 Å². The van der Waals surface area contributed by atoms with Gasteiger partial charge in [-0.1, -0.05) is 42.0 Å². The summed E-state index contributed by atoms with van der Waals surface area (Å²) in [5.74, 6) is 0.815. The molecule has 2 aromatic carbocycles. The van der Waals surface area contributed by atoms with Crippen molar-refractivity contribution in [2.75, 3.05) is 51.2 Å². The standard InChI is InChI=1S/C34H40N6O2/c1-24-11-13-29-28(22-24)31(32(38(29)3)25-8-5-4-6-9-25)34(42)40-20-18-39(19-21-40)30-14-12-26(23-36-30)33(41)35-16-15-27-10-7-17-37(27)2/h4-6,8-9,11-14,22-23,27H,7,10,15-21H2,1-3H3,(H,35,41). The van der Waals surface area contributed by atoms with Gasteiger partial charge in [0.05, 0.1) is 16.8 Å². The first-order valence-corrected chi connectivity index (χ1v) is 15.0. The second-order valence-electron chi connectivity index (χ2n) is 11.7. The molecule has 1 atom stereocenters. The number of aryl methyl sites for hydroxylation is 2. The number of benzene rings is 2. The van der Waals surface area contributed by atoms with Gasteiger partial charge in [-0.2, -0.15) is 0 Å². The molecule has 1 N–H and O–H groups in total. The number of carbonyl (C=O) groups is 2. The Kier molecular flexibility index (Phi) is 7.98. The van der Waals surface area contributed by atoms with E-state index in [1.807, 2.05) is 42.3 Å². The van der Waals surface area contributed by atoms with E-state index < -0.39 is 0 Å². The number of nitrogens with zero attached hydrogens (tertiary/aromatic N) is 5. The van der Waals surface area contributed by atoms with Crippen molar-refractivity contribution in [1.82, 2.24) is 24.7 Å². The predicted octanol–water partition coefficient (Wildman–Crippen LogP) is 4.73. The second kappa shape index (κ2) is 12.0. The lowest BCUT2D eigenvalue weighted by atomic mass is 10.0. The average molecular weight is 565 g/mol. The summed E-state index contributed by atoms with van der Waals surface area (Å²) in [6.07, 6.45) is 5.08. The van der Waals surface area contributed by atoms with Crippen LogP contribution in [-0.4, -0.2) is 83.5 Å². The highest BCUT2D eigenvalue weighted by molar-refractivity contribution is 6.13. The maximum atomic E-state index is 14.1. The average Bonchev–Trinajstić information content (AvgIpc) is 3.56. The molecule has 2 aliphatic rings. The van der Waals surface area contributed by atoms with E-state index in [0.29, 0.717) is 44.3 Å². The molecule has 42 heavy (non-hydrogen) atoms. The maximum absolute atomic E-state index is 14.1. The molecule has 0 spiro atoms. The van der Waals surface area contributed by atoms with E-state index >= 15 is 0 Å². The zero-order chi connectivity index (χ0) is 29.2. The molecule has 0 radical (unpaired) electrons. The number of rotatable bonds is 7. The van der Waals surface area contributed by atoms with Crippen LogP contribution in [0.4, 0.5) is 5.82 Å². The zero-order valence-corrected chi connectivity index (χ0v) is 24.8. The third-order valence-corrected chi connectivity index (χ3v) is 8.95. The van der Waals surface area contributed by atoms with Gasteiger partial charge < -0.3 is 24.6 Å². The first kappa shape index (κ1) is 28.0. The summed E-state index contributed by atoms with van der Waals surface area (Å²) in [7, 11) is 4.20. The van der Waals surface area contributed by atoms with Crippen molar-refractivity contribution in [3.8, 4) is 11.3 Å². The van der Waals surface area contributed by atoms with Crippen LogP contribution in [0, 0.1) is 6.92 Å². The third kappa shape index (κ3) is 5.51. The van der Waals surface area contributed by atoms with Gasteiger partial charge in [0.25, 0.3) is 11.8 Å². The van der Waals surface area contributed by atoms with Crippen molar-refractivity contribution in [2.45, 2.75) is 32.2 Å². The normalized spacial score (nSPS) is 17.6. The molecule has 1 unspecified atom stereocenters. The molecular formula is C34H40N6O2. The van der Waals surface area contributed by atoms with Crippen LogP contribution in [0.5, 0.6) is 0 Å². The molecule has 2 aliphatic heterocycles. The minimum absolute atomic E-state index is 0.0634. The Hall–Kier alpha value is -4.17. The Labute approximate surface area is 247 Å². The van der Waals surface area contributed by atoms with Gasteiger partial charge in [0.2, 0.25) is 0 Å². The first-order valence-electron chi connectivity index (χ1n) is 15.0. The Balaban J connectivity index is 1.12. The minimum Gasteiger partial charge on any atom is -0.353 e. The summed E-state index contributed by atoms with van der Waals surface area (Å²) >= 11 is 0. The molecule has 4 heterocycles. The van der Waals surface area contributed by atoms with Gasteiger partial charge in [-0.3, -0.25) is 9.59 Å². The molecule has 218 valence electrons. The summed E-state index contributed by atoms with van der Waals surface area (Å²) in [5, 5.41) is 4.04. The van der Waals surface area contributed by atoms with Gasteiger partial charge in [-0.15, -0.1) is 0 Å². The topological polar surface area (TPSA) is 73.7 Å². The third-order valence-electron chi connectivity index (χ3n) is 8.95. The molecule has 4 aromatic rings. The fourth-order valence-electron chi connectivity index (χ4n) is 6.51. The molecule has 0 saturated carbocycles. The van der Waals surface area contributed by atoms with Crippen molar-refractivity contribution in [2.24, 2.45) is 7.05 Å². The molecule has 8 heteroatoms. The highest BCUT2D eigenvalue weighted by Crippen LogP contribution is 2.35. The van der Waals surface area contributed by atoms with Crippen LogP contribution in [0.1, 0.15) is 45.5 Å². The molecule has 2 amide bonds. The number of aromatic nitrogens is 2. The summed E-state index contributed by atoms with van der Waals surface area (Å²) in [5.41, 5.74) is 5.53. The van der Waals surface area contributed by atoms with E-state index in [1.165, 1.54) is 12.8 Å². The number of amides is 2. The number of hydrogen-bond donors (Lipinski definition) is 1. The fraction of sp³-hybridized carbons (Fsp3) is 0.382. The number of fused-ring (bicyclic) bond motifs is 1. The Bertz CT molecular complexity index is 1570. The predicted molar refractivity (Wildman–Crippen MR) is 168 cm³/mol. The van der Waals surface area contributed by atoms with E-state index in [4.69, 9.17) is 0 Å². The number of anilines is 1. The minimum atomic E-state index is -0.0790. The summed E-state index contributed by atoms with van der Waals surface area (Å²) < 4.78 is 2.14. The van der Waals surface area contributed by atoms with Crippen molar-refractivity contribution < 1.29 is 9.59 Å². The quantitative estimate of drug-likeness (QED) is 0.352. The smallest absolute Gasteiger partial charge is 0.256 e. The van der Waals surface area contributed by atoms with Crippen LogP contribution in [-0.2, 0) is 7.05 Å². The van der Waals surface area contributed by atoms with Gasteiger partial charge in [-0.05, 0) is 69.6 Å². The van der Waals surface area contributed by atoms with E-state index in [9.17, 15) is 9.59 Å². The fourth-order valence-corrected chi connectivity index (χ4v) is 6.51. The first-order chi connectivity index (χ1) is 20.4. The van der Waals surface area contributed by atoms with Crippen molar-refractivity contribution >= 4 is 28.5 Å². The van der Waals surface area contributed by atoms with Crippen molar-refractivity contribution in [1.29, 1.82) is 0 Å². The van der Waals surface area contributed by atoms with Crippen LogP contribution in [0.3, 0.4) is 0 Å². The van der Waals surface area contributed by atoms with E-state index in [-0.39, 0.29) is 11.8 Å². The molecule has 6 rings (SSSR count). The Morgan fingerprint density at radius 2 is 1.74 bits per heavy atom. The molecule has 0 aliphatic carbocycles. The van der Waals surface area contributed by atoms with E-state index in [0.717, 1.165) is 52.1 Å². The SMILES string of the molecule is Cc1ccc2c(c1)c(C(=O)N1CCN(c3ccc(C(=O)NCCC4CCCN4C)cn3)CC1)c(-c1ccccc1)n2C. The number of nitrogens with one attached hydrogen (secondary N) is 1. The summed E-state index contributed by atoms with van der Waals surface area (Å²) in [6.45, 7) is 6.47. The highest BCUT2D eigenvalue weighted by Gasteiger charge is 2.29. The molecule has 2 saturated heterocycles. The number of piperazine rings is 1. The highest BCUT2D eigenvalue weighted by atomic mass is 16.2. The number of carbonyl (C=O) groups excluding carboxylic acids is 2. The van der Waals surface area contributed by atoms with Gasteiger partial charge in [0, 0.05) is 62.9 Å². The molecule has 2 aromatic heterocycles. The summed E-state index contributed by atoms with van der Waals surface area (Å²) in [6, 6.07) is 20.8. The van der Waals surface area contributed by atoms with Gasteiger partial charge in [-0.25, -0.2) is 4.98 Å².